The molecule has 0 bridgehead atoms. The summed E-state index contributed by atoms with van der Waals surface area (Å²) in [5, 5.41) is 8.68. The molecule has 4 nitrogen and oxygen atoms in total. The Morgan fingerprint density at radius 1 is 1.39 bits per heavy atom. The first-order valence-electron chi connectivity index (χ1n) is 6.41. The fourth-order valence-corrected chi connectivity index (χ4v) is 2.21. The van der Waals surface area contributed by atoms with E-state index in [0.29, 0.717) is 0 Å². The lowest BCUT2D eigenvalue weighted by Crippen LogP contribution is -2.38. The molecule has 0 aliphatic rings. The molecule has 0 aromatic carbocycles. The van der Waals surface area contributed by atoms with Gasteiger partial charge < -0.3 is 15.4 Å². The SMILES string of the molecule is CCOCCCNC(=NC)NCCc1cccs1. The number of nitrogens with zero attached hydrogens (tertiary/aromatic N) is 1. The summed E-state index contributed by atoms with van der Waals surface area (Å²) in [6.45, 7) is 5.40. The lowest BCUT2D eigenvalue weighted by atomic mass is 10.3. The highest BCUT2D eigenvalue weighted by Crippen LogP contribution is 2.07. The van der Waals surface area contributed by atoms with Gasteiger partial charge in [-0.15, -0.1) is 11.3 Å². The van der Waals surface area contributed by atoms with Crippen molar-refractivity contribution in [1.82, 2.24) is 10.6 Å². The summed E-state index contributed by atoms with van der Waals surface area (Å²) in [6, 6.07) is 4.24. The number of aliphatic imine (C=N–C) groups is 1. The van der Waals surface area contributed by atoms with E-state index in [4.69, 9.17) is 4.74 Å². The number of rotatable bonds is 8. The largest absolute Gasteiger partial charge is 0.382 e. The molecule has 0 radical (unpaired) electrons. The minimum absolute atomic E-state index is 0.786. The summed E-state index contributed by atoms with van der Waals surface area (Å²) >= 11 is 1.79. The van der Waals surface area contributed by atoms with Crippen LogP contribution in [0.15, 0.2) is 22.5 Å². The van der Waals surface area contributed by atoms with E-state index in [1.54, 1.807) is 18.4 Å². The van der Waals surface area contributed by atoms with Gasteiger partial charge in [-0.2, -0.15) is 0 Å². The van der Waals surface area contributed by atoms with Gasteiger partial charge in [0.05, 0.1) is 0 Å². The Labute approximate surface area is 113 Å². The molecule has 0 saturated heterocycles. The number of ether oxygens (including phenoxy) is 1. The van der Waals surface area contributed by atoms with Gasteiger partial charge in [-0.1, -0.05) is 6.07 Å². The first kappa shape index (κ1) is 15.0. The van der Waals surface area contributed by atoms with E-state index in [0.717, 1.165) is 45.1 Å². The molecule has 0 amide bonds. The van der Waals surface area contributed by atoms with Crippen molar-refractivity contribution in [2.75, 3.05) is 33.4 Å². The zero-order valence-corrected chi connectivity index (χ0v) is 12.1. The van der Waals surface area contributed by atoms with Gasteiger partial charge in [0.1, 0.15) is 0 Å². The van der Waals surface area contributed by atoms with Crippen molar-refractivity contribution in [3.8, 4) is 0 Å². The predicted molar refractivity (Wildman–Crippen MR) is 78.5 cm³/mol. The Morgan fingerprint density at radius 3 is 2.89 bits per heavy atom. The molecule has 18 heavy (non-hydrogen) atoms. The van der Waals surface area contributed by atoms with Gasteiger partial charge in [0.25, 0.3) is 0 Å². The van der Waals surface area contributed by atoms with E-state index in [2.05, 4.69) is 33.1 Å². The highest BCUT2D eigenvalue weighted by atomic mass is 32.1. The maximum Gasteiger partial charge on any atom is 0.190 e. The molecule has 1 aromatic rings. The average molecular weight is 269 g/mol. The van der Waals surface area contributed by atoms with E-state index >= 15 is 0 Å². The molecular weight excluding hydrogens is 246 g/mol. The van der Waals surface area contributed by atoms with Crippen molar-refractivity contribution in [1.29, 1.82) is 0 Å². The highest BCUT2D eigenvalue weighted by Gasteiger charge is 1.97. The van der Waals surface area contributed by atoms with Crippen LogP contribution in [0.4, 0.5) is 0 Å². The second-order valence-corrected chi connectivity index (χ2v) is 4.84. The summed E-state index contributed by atoms with van der Waals surface area (Å²) in [7, 11) is 1.79. The molecule has 0 fully saturated rings. The van der Waals surface area contributed by atoms with Gasteiger partial charge in [-0.3, -0.25) is 4.99 Å². The molecule has 102 valence electrons. The molecule has 0 spiro atoms. The zero-order valence-electron chi connectivity index (χ0n) is 11.2. The normalized spacial score (nSPS) is 11.6. The second kappa shape index (κ2) is 9.91. The van der Waals surface area contributed by atoms with Crippen LogP contribution < -0.4 is 10.6 Å². The topological polar surface area (TPSA) is 45.6 Å². The second-order valence-electron chi connectivity index (χ2n) is 3.81. The molecule has 0 unspecified atom stereocenters. The molecule has 1 rings (SSSR count). The molecule has 0 atom stereocenters. The van der Waals surface area contributed by atoms with Gasteiger partial charge >= 0.3 is 0 Å². The highest BCUT2D eigenvalue weighted by molar-refractivity contribution is 7.09. The lowest BCUT2D eigenvalue weighted by molar-refractivity contribution is 0.145. The summed E-state index contributed by atoms with van der Waals surface area (Å²) in [5.74, 6) is 0.864. The third-order valence-corrected chi connectivity index (χ3v) is 3.37. The molecule has 5 heteroatoms. The minimum atomic E-state index is 0.786. The number of thiophene rings is 1. The van der Waals surface area contributed by atoms with Crippen LogP contribution in [0.1, 0.15) is 18.2 Å². The Hall–Kier alpha value is -1.07. The van der Waals surface area contributed by atoms with E-state index < -0.39 is 0 Å². The van der Waals surface area contributed by atoms with Crippen molar-refractivity contribution in [2.45, 2.75) is 19.8 Å². The standard InChI is InChI=1S/C13H23N3OS/c1-3-17-10-5-8-15-13(14-2)16-9-7-12-6-4-11-18-12/h4,6,11H,3,5,7-10H2,1-2H3,(H2,14,15,16). The van der Waals surface area contributed by atoms with Crippen molar-refractivity contribution < 1.29 is 4.74 Å². The predicted octanol–water partition coefficient (Wildman–Crippen LogP) is 1.88. The van der Waals surface area contributed by atoms with Crippen LogP contribution >= 0.6 is 11.3 Å². The number of hydrogen-bond donors (Lipinski definition) is 2. The van der Waals surface area contributed by atoms with E-state index in [9.17, 15) is 0 Å². The number of hydrogen-bond acceptors (Lipinski definition) is 3. The third-order valence-electron chi connectivity index (χ3n) is 2.43. The molecule has 1 heterocycles. The van der Waals surface area contributed by atoms with Gasteiger partial charge in [0, 0.05) is 38.2 Å². The van der Waals surface area contributed by atoms with E-state index in [-0.39, 0.29) is 0 Å². The van der Waals surface area contributed by atoms with Gasteiger partial charge in [-0.25, -0.2) is 0 Å². The minimum Gasteiger partial charge on any atom is -0.382 e. The summed E-state index contributed by atoms with van der Waals surface area (Å²) in [6.07, 6.45) is 2.04. The van der Waals surface area contributed by atoms with Crippen LogP contribution in [0.3, 0.4) is 0 Å². The third kappa shape index (κ3) is 6.61. The quantitative estimate of drug-likeness (QED) is 0.430. The smallest absolute Gasteiger partial charge is 0.190 e. The van der Waals surface area contributed by atoms with Gasteiger partial charge in [0.2, 0.25) is 0 Å². The van der Waals surface area contributed by atoms with Crippen LogP contribution in [0.2, 0.25) is 0 Å². The Balaban J connectivity index is 2.06. The average Bonchev–Trinajstić information content (AvgIpc) is 2.89. The fourth-order valence-electron chi connectivity index (χ4n) is 1.50. The molecule has 1 aromatic heterocycles. The Morgan fingerprint density at radius 2 is 2.22 bits per heavy atom. The summed E-state index contributed by atoms with van der Waals surface area (Å²) < 4.78 is 5.28. The lowest BCUT2D eigenvalue weighted by Gasteiger charge is -2.11. The van der Waals surface area contributed by atoms with Gasteiger partial charge in [-0.05, 0) is 31.2 Å². The van der Waals surface area contributed by atoms with Crippen LogP contribution in [-0.2, 0) is 11.2 Å². The van der Waals surface area contributed by atoms with Crippen LogP contribution in [0.5, 0.6) is 0 Å². The zero-order chi connectivity index (χ0) is 13.1. The summed E-state index contributed by atoms with van der Waals surface area (Å²) in [5.41, 5.74) is 0. The number of nitrogens with one attached hydrogen (secondary N) is 2. The molecule has 0 aliphatic carbocycles. The van der Waals surface area contributed by atoms with E-state index in [1.807, 2.05) is 6.92 Å². The maximum absolute atomic E-state index is 5.28. The first-order valence-corrected chi connectivity index (χ1v) is 7.29. The van der Waals surface area contributed by atoms with Crippen molar-refractivity contribution >= 4 is 17.3 Å². The molecule has 0 aliphatic heterocycles. The Kier molecular flexibility index (Phi) is 8.25. The molecule has 0 saturated carbocycles. The summed E-state index contributed by atoms with van der Waals surface area (Å²) in [4.78, 5) is 5.58. The van der Waals surface area contributed by atoms with Crippen molar-refractivity contribution in [3.63, 3.8) is 0 Å². The number of guanidine groups is 1. The van der Waals surface area contributed by atoms with Crippen LogP contribution in [0, 0.1) is 0 Å². The Bertz CT molecular complexity index is 325. The first-order chi connectivity index (χ1) is 8.86. The van der Waals surface area contributed by atoms with Crippen LogP contribution in [-0.4, -0.2) is 39.3 Å². The molecule has 2 N–H and O–H groups in total. The van der Waals surface area contributed by atoms with Crippen molar-refractivity contribution in [2.24, 2.45) is 4.99 Å². The molecular formula is C13H23N3OS. The van der Waals surface area contributed by atoms with E-state index in [1.165, 1.54) is 4.88 Å². The monoisotopic (exact) mass is 269 g/mol. The fraction of sp³-hybridized carbons (Fsp3) is 0.615. The van der Waals surface area contributed by atoms with Crippen LogP contribution in [0.25, 0.3) is 0 Å². The van der Waals surface area contributed by atoms with Gasteiger partial charge in [0.15, 0.2) is 5.96 Å². The van der Waals surface area contributed by atoms with Crippen molar-refractivity contribution in [3.05, 3.63) is 22.4 Å². The maximum atomic E-state index is 5.28.